The number of cyclic esters (lactones) is 1. The Balaban J connectivity index is 2.15. The molecule has 0 aliphatic carbocycles. The van der Waals surface area contributed by atoms with Crippen molar-refractivity contribution in [2.45, 2.75) is 37.6 Å². The highest BCUT2D eigenvalue weighted by molar-refractivity contribution is 9.11. The van der Waals surface area contributed by atoms with E-state index in [4.69, 9.17) is 14.2 Å². The smallest absolute Gasteiger partial charge is 0.313 e. The third kappa shape index (κ3) is 1.34. The number of ether oxygens (including phenoxy) is 3. The Morgan fingerprint density at radius 2 is 2.26 bits per heavy atom. The maximum absolute atomic E-state index is 12.2. The van der Waals surface area contributed by atoms with Gasteiger partial charge in [0.15, 0.2) is 5.60 Å². The van der Waals surface area contributed by atoms with E-state index in [2.05, 4.69) is 15.9 Å². The lowest BCUT2D eigenvalue weighted by atomic mass is 9.70. The van der Waals surface area contributed by atoms with Crippen molar-refractivity contribution in [1.82, 2.24) is 0 Å². The average molecular weight is 331 g/mol. The average Bonchev–Trinajstić information content (AvgIpc) is 2.89. The van der Waals surface area contributed by atoms with Crippen LogP contribution in [-0.2, 0) is 23.8 Å². The van der Waals surface area contributed by atoms with Gasteiger partial charge in [-0.05, 0) is 19.4 Å². The molecule has 3 aliphatic rings. The fraction of sp³-hybridized carbons (Fsp3) is 0.692. The largest absolute Gasteiger partial charge is 0.469 e. The van der Waals surface area contributed by atoms with Crippen LogP contribution in [0.1, 0.15) is 20.3 Å². The van der Waals surface area contributed by atoms with Crippen LogP contribution in [0.25, 0.3) is 0 Å². The molecule has 0 aromatic carbocycles. The van der Waals surface area contributed by atoms with Crippen LogP contribution < -0.4 is 0 Å². The second kappa shape index (κ2) is 3.82. The van der Waals surface area contributed by atoms with Crippen LogP contribution in [0, 0.1) is 11.8 Å². The lowest BCUT2D eigenvalue weighted by Gasteiger charge is -2.29. The van der Waals surface area contributed by atoms with Crippen molar-refractivity contribution in [1.29, 1.82) is 0 Å². The van der Waals surface area contributed by atoms with E-state index in [0.29, 0.717) is 6.42 Å². The normalized spacial score (nSPS) is 46.8. The Morgan fingerprint density at radius 3 is 2.84 bits per heavy atom. The van der Waals surface area contributed by atoms with Gasteiger partial charge in [0, 0.05) is 4.48 Å². The monoisotopic (exact) mass is 330 g/mol. The van der Waals surface area contributed by atoms with Gasteiger partial charge in [-0.2, -0.15) is 0 Å². The molecule has 0 saturated carbocycles. The van der Waals surface area contributed by atoms with Crippen LogP contribution in [-0.4, -0.2) is 36.4 Å². The second-order valence-electron chi connectivity index (χ2n) is 5.38. The molecule has 3 heterocycles. The summed E-state index contributed by atoms with van der Waals surface area (Å²) in [6, 6.07) is 0. The number of esters is 2. The minimum atomic E-state index is -0.862. The van der Waals surface area contributed by atoms with Gasteiger partial charge in [-0.3, -0.25) is 9.59 Å². The van der Waals surface area contributed by atoms with Crippen molar-refractivity contribution < 1.29 is 23.8 Å². The van der Waals surface area contributed by atoms with Crippen LogP contribution in [0.4, 0.5) is 0 Å². The summed E-state index contributed by atoms with van der Waals surface area (Å²) >= 11 is 3.49. The molecule has 3 rings (SSSR count). The number of halogens is 1. The van der Waals surface area contributed by atoms with Gasteiger partial charge >= 0.3 is 11.9 Å². The number of rotatable bonds is 2. The highest BCUT2D eigenvalue weighted by atomic mass is 79.9. The fourth-order valence-corrected chi connectivity index (χ4v) is 4.70. The Hall–Kier alpha value is -0.880. The van der Waals surface area contributed by atoms with E-state index in [-0.39, 0.29) is 12.1 Å². The summed E-state index contributed by atoms with van der Waals surface area (Å²) in [7, 11) is 1.32. The maximum Gasteiger partial charge on any atom is 0.313 e. The molecule has 1 spiro atoms. The first-order chi connectivity index (χ1) is 8.90. The quantitative estimate of drug-likeness (QED) is 0.719. The van der Waals surface area contributed by atoms with Crippen LogP contribution in [0.15, 0.2) is 10.6 Å². The fourth-order valence-electron chi connectivity index (χ4n) is 3.67. The van der Waals surface area contributed by atoms with Crippen molar-refractivity contribution in [3.8, 4) is 0 Å². The third-order valence-electron chi connectivity index (χ3n) is 4.40. The van der Waals surface area contributed by atoms with Gasteiger partial charge in [0.25, 0.3) is 0 Å². The van der Waals surface area contributed by atoms with Crippen LogP contribution in [0.5, 0.6) is 0 Å². The molecule has 3 aliphatic heterocycles. The van der Waals surface area contributed by atoms with E-state index in [9.17, 15) is 9.59 Å². The van der Waals surface area contributed by atoms with E-state index >= 15 is 0 Å². The Bertz CT molecular complexity index is 501. The summed E-state index contributed by atoms with van der Waals surface area (Å²) in [6.45, 7) is 3.74. The molecule has 0 N–H and O–H groups in total. The molecule has 2 bridgehead atoms. The van der Waals surface area contributed by atoms with E-state index in [1.165, 1.54) is 7.11 Å². The summed E-state index contributed by atoms with van der Waals surface area (Å²) in [5.74, 6) is -2.09. The Labute approximate surface area is 119 Å². The molecule has 0 unspecified atom stereocenters. The summed E-state index contributed by atoms with van der Waals surface area (Å²) in [4.78, 5) is 24.2. The zero-order chi connectivity index (χ0) is 14.0. The first-order valence-corrected chi connectivity index (χ1v) is 7.07. The first kappa shape index (κ1) is 13.1. The first-order valence-electron chi connectivity index (χ1n) is 6.28. The number of methoxy groups -OCH3 is 1. The Kier molecular flexibility index (Phi) is 2.64. The molecule has 19 heavy (non-hydrogen) atoms. The summed E-state index contributed by atoms with van der Waals surface area (Å²) in [5, 5.41) is 0. The van der Waals surface area contributed by atoms with Crippen molar-refractivity contribution in [3.63, 3.8) is 0 Å². The predicted molar refractivity (Wildman–Crippen MR) is 68.4 cm³/mol. The van der Waals surface area contributed by atoms with E-state index in [1.807, 2.05) is 19.9 Å². The molecule has 2 saturated heterocycles. The number of fused-ring (bicyclic) bond motifs is 1. The van der Waals surface area contributed by atoms with Gasteiger partial charge < -0.3 is 14.2 Å². The van der Waals surface area contributed by atoms with Gasteiger partial charge in [-0.25, -0.2) is 0 Å². The number of carbonyl (C=O) groups excluding carboxylic acids is 2. The lowest BCUT2D eigenvalue weighted by molar-refractivity contribution is -0.160. The molecule has 5 nitrogen and oxygen atoms in total. The zero-order valence-corrected chi connectivity index (χ0v) is 12.5. The predicted octanol–water partition coefficient (Wildman–Crippen LogP) is 1.55. The minimum absolute atomic E-state index is 0.368. The van der Waals surface area contributed by atoms with E-state index in [0.717, 1.165) is 4.48 Å². The van der Waals surface area contributed by atoms with Gasteiger partial charge in [0.2, 0.25) is 0 Å². The van der Waals surface area contributed by atoms with Crippen LogP contribution in [0.3, 0.4) is 0 Å². The molecule has 0 amide bonds. The minimum Gasteiger partial charge on any atom is -0.469 e. The standard InChI is InChI=1S/C13H15BrO5/c1-4-7-13-6(14)5-12(2,19-13)8(10(15)17-3)9(13)11(16)18-7/h5,7-9H,4H2,1-3H3/t7-,8-,9-,12+,13+/m1/s1. The van der Waals surface area contributed by atoms with E-state index in [1.54, 1.807) is 0 Å². The van der Waals surface area contributed by atoms with Gasteiger partial charge in [-0.15, -0.1) is 0 Å². The molecular formula is C13H15BrO5. The maximum atomic E-state index is 12.2. The SMILES string of the molecule is CC[C@H]1OC(=O)[C@H]2[C@H](C(=O)OC)[C@]3(C)C=C(Br)[C@]12O3. The summed E-state index contributed by atoms with van der Waals surface area (Å²) in [6.07, 6.45) is 2.12. The van der Waals surface area contributed by atoms with Gasteiger partial charge in [0.1, 0.15) is 23.5 Å². The van der Waals surface area contributed by atoms with Crippen molar-refractivity contribution in [3.05, 3.63) is 10.6 Å². The summed E-state index contributed by atoms with van der Waals surface area (Å²) in [5.41, 5.74) is -1.68. The molecule has 2 fully saturated rings. The van der Waals surface area contributed by atoms with Gasteiger partial charge in [0.05, 0.1) is 7.11 Å². The van der Waals surface area contributed by atoms with Crippen LogP contribution >= 0.6 is 15.9 Å². The van der Waals surface area contributed by atoms with Crippen molar-refractivity contribution in [2.24, 2.45) is 11.8 Å². The summed E-state index contributed by atoms with van der Waals surface area (Å²) < 4.78 is 17.1. The molecule has 0 aromatic rings. The molecular weight excluding hydrogens is 316 g/mol. The van der Waals surface area contributed by atoms with Crippen molar-refractivity contribution in [2.75, 3.05) is 7.11 Å². The van der Waals surface area contributed by atoms with Crippen molar-refractivity contribution >= 4 is 27.9 Å². The zero-order valence-electron chi connectivity index (χ0n) is 10.9. The van der Waals surface area contributed by atoms with Gasteiger partial charge in [-0.1, -0.05) is 22.9 Å². The lowest BCUT2D eigenvalue weighted by Crippen LogP contribution is -2.45. The molecule has 6 heteroatoms. The van der Waals surface area contributed by atoms with E-state index < -0.39 is 29.0 Å². The topological polar surface area (TPSA) is 61.8 Å². The molecule has 104 valence electrons. The second-order valence-corrected chi connectivity index (χ2v) is 6.24. The number of carbonyl (C=O) groups is 2. The van der Waals surface area contributed by atoms with Crippen LogP contribution in [0.2, 0.25) is 0 Å². The number of hydrogen-bond acceptors (Lipinski definition) is 5. The number of hydrogen-bond donors (Lipinski definition) is 0. The molecule has 0 radical (unpaired) electrons. The highest BCUT2D eigenvalue weighted by Crippen LogP contribution is 2.63. The molecule has 5 atom stereocenters. The third-order valence-corrected chi connectivity index (χ3v) is 5.25. The highest BCUT2D eigenvalue weighted by Gasteiger charge is 2.76. The Morgan fingerprint density at radius 1 is 1.58 bits per heavy atom. The molecule has 0 aromatic heterocycles.